The van der Waals surface area contributed by atoms with E-state index in [1.54, 1.807) is 38.1 Å². The number of ether oxygens (including phenoxy) is 1. The van der Waals surface area contributed by atoms with Crippen LogP contribution >= 0.6 is 0 Å². The average Bonchev–Trinajstić information content (AvgIpc) is 2.91. The Morgan fingerprint density at radius 3 is 2.27 bits per heavy atom. The van der Waals surface area contributed by atoms with Crippen LogP contribution in [0.25, 0.3) is 0 Å². The van der Waals surface area contributed by atoms with Crippen LogP contribution in [0.5, 0.6) is 11.6 Å². The lowest BCUT2D eigenvalue weighted by atomic mass is 10.0. The maximum absolute atomic E-state index is 13.8. The van der Waals surface area contributed by atoms with Gasteiger partial charge < -0.3 is 30.9 Å². The van der Waals surface area contributed by atoms with Gasteiger partial charge in [0.1, 0.15) is 17.9 Å². The second-order valence-electron chi connectivity index (χ2n) is 10.1. The number of carbonyl (C=O) groups excluding carboxylic acids is 2. The minimum atomic E-state index is -4.59. The molecule has 4 rings (SSSR count). The molecule has 0 radical (unpaired) electrons. The van der Waals surface area contributed by atoms with Crippen LogP contribution in [-0.4, -0.2) is 53.0 Å². The molecule has 4 N–H and O–H groups in total. The summed E-state index contributed by atoms with van der Waals surface area (Å²) in [5.41, 5.74) is -0.453. The molecule has 0 atom stereocenters. The van der Waals surface area contributed by atoms with E-state index < -0.39 is 17.8 Å². The number of piperidine rings is 1. The number of benzene rings is 2. The monoisotopic (exact) mass is 571 g/mol. The second kappa shape index (κ2) is 12.9. The van der Waals surface area contributed by atoms with E-state index in [1.165, 1.54) is 24.5 Å². The Labute approximate surface area is 235 Å². The van der Waals surface area contributed by atoms with E-state index in [0.717, 1.165) is 32.0 Å². The fourth-order valence-electron chi connectivity index (χ4n) is 4.11. The number of hydrogen-bond donors (Lipinski definition) is 4. The van der Waals surface area contributed by atoms with E-state index in [9.17, 15) is 22.8 Å². The van der Waals surface area contributed by atoms with Gasteiger partial charge in [0, 0.05) is 35.1 Å². The number of carbonyl (C=O) groups is 2. The molecule has 1 aliphatic heterocycles. The number of nitrogens with zero attached hydrogens (tertiary/aromatic N) is 3. The molecule has 13 heteroatoms. The molecule has 1 fully saturated rings. The van der Waals surface area contributed by atoms with Gasteiger partial charge in [-0.25, -0.2) is 14.8 Å². The van der Waals surface area contributed by atoms with Gasteiger partial charge in [-0.15, -0.1) is 0 Å². The summed E-state index contributed by atoms with van der Waals surface area (Å²) in [5, 5.41) is 10.7. The number of halogens is 3. The van der Waals surface area contributed by atoms with Crippen LogP contribution in [0, 0.1) is 5.92 Å². The molecule has 0 saturated carbocycles. The zero-order valence-corrected chi connectivity index (χ0v) is 22.9. The molecule has 1 aliphatic rings. The van der Waals surface area contributed by atoms with Gasteiger partial charge in [0.25, 0.3) is 0 Å². The SMILES string of the molecule is CC(C)C(=O)Nc1cc(Oc2ccc(NC(=O)Nc3ccc(NC4CCN(C)CC4)c(C(F)(F)F)c3)cc2)ncn1. The number of urea groups is 1. The highest BCUT2D eigenvalue weighted by molar-refractivity contribution is 6.00. The van der Waals surface area contributed by atoms with E-state index in [-0.39, 0.29) is 35.1 Å². The smallest absolute Gasteiger partial charge is 0.418 e. The summed E-state index contributed by atoms with van der Waals surface area (Å²) in [6.07, 6.45) is -1.84. The van der Waals surface area contributed by atoms with E-state index >= 15 is 0 Å². The first-order valence-corrected chi connectivity index (χ1v) is 13.1. The minimum Gasteiger partial charge on any atom is -0.439 e. The Morgan fingerprint density at radius 1 is 0.951 bits per heavy atom. The Morgan fingerprint density at radius 2 is 1.61 bits per heavy atom. The van der Waals surface area contributed by atoms with Gasteiger partial charge in [0.15, 0.2) is 0 Å². The molecule has 1 aromatic heterocycles. The molecule has 3 amide bonds. The maximum Gasteiger partial charge on any atom is 0.418 e. The van der Waals surface area contributed by atoms with Crippen molar-refractivity contribution in [2.24, 2.45) is 5.92 Å². The van der Waals surface area contributed by atoms with Gasteiger partial charge in [-0.05, 0) is 75.4 Å². The molecular formula is C28H32F3N7O3. The van der Waals surface area contributed by atoms with E-state index in [4.69, 9.17) is 4.74 Å². The summed E-state index contributed by atoms with van der Waals surface area (Å²) in [5.74, 6) is 0.481. The van der Waals surface area contributed by atoms with Crippen LogP contribution in [0.1, 0.15) is 32.3 Å². The van der Waals surface area contributed by atoms with Crippen molar-refractivity contribution in [3.05, 3.63) is 60.4 Å². The first kappa shape index (κ1) is 29.6. The molecule has 0 aliphatic carbocycles. The molecule has 3 aromatic rings. The summed E-state index contributed by atoms with van der Waals surface area (Å²) in [7, 11) is 1.98. The topological polar surface area (TPSA) is 121 Å². The zero-order valence-electron chi connectivity index (χ0n) is 22.9. The molecule has 218 valence electrons. The third-order valence-corrected chi connectivity index (χ3v) is 6.41. The first-order chi connectivity index (χ1) is 19.5. The van der Waals surface area contributed by atoms with Crippen molar-refractivity contribution < 1.29 is 27.5 Å². The molecule has 41 heavy (non-hydrogen) atoms. The summed E-state index contributed by atoms with van der Waals surface area (Å²) >= 11 is 0. The normalized spacial score (nSPS) is 14.4. The van der Waals surface area contributed by atoms with Crippen LogP contribution in [0.15, 0.2) is 54.9 Å². The van der Waals surface area contributed by atoms with Crippen LogP contribution in [0.4, 0.5) is 40.8 Å². The standard InChI is InChI=1S/C28H32F3N7O3/c1-17(2)26(39)37-24-15-25(33-16-32-24)41-21-7-4-18(5-8-21)35-27(40)36-20-6-9-23(22(14-20)28(29,30)31)34-19-10-12-38(3)13-11-19/h4-9,14-17,19,34H,10-13H2,1-3H3,(H2,35,36,40)(H,32,33,37,39). The third kappa shape index (κ3) is 8.55. The number of likely N-dealkylation sites (tertiary alicyclic amines) is 1. The fourth-order valence-corrected chi connectivity index (χ4v) is 4.11. The predicted molar refractivity (Wildman–Crippen MR) is 150 cm³/mol. The van der Waals surface area contributed by atoms with Crippen LogP contribution in [-0.2, 0) is 11.0 Å². The Balaban J connectivity index is 1.35. The number of alkyl halides is 3. The van der Waals surface area contributed by atoms with E-state index in [2.05, 4.69) is 36.1 Å². The van der Waals surface area contributed by atoms with Crippen molar-refractivity contribution >= 4 is 34.8 Å². The van der Waals surface area contributed by atoms with Crippen LogP contribution in [0.3, 0.4) is 0 Å². The van der Waals surface area contributed by atoms with E-state index in [1.807, 2.05) is 7.05 Å². The van der Waals surface area contributed by atoms with Gasteiger partial charge in [-0.1, -0.05) is 13.8 Å². The Kier molecular flexibility index (Phi) is 9.28. The van der Waals surface area contributed by atoms with E-state index in [0.29, 0.717) is 17.3 Å². The number of rotatable bonds is 8. The highest BCUT2D eigenvalue weighted by Crippen LogP contribution is 2.37. The molecule has 10 nitrogen and oxygen atoms in total. The lowest BCUT2D eigenvalue weighted by Gasteiger charge is -2.31. The van der Waals surface area contributed by atoms with Crippen molar-refractivity contribution in [3.8, 4) is 11.6 Å². The van der Waals surface area contributed by atoms with Gasteiger partial charge >= 0.3 is 12.2 Å². The van der Waals surface area contributed by atoms with Crippen molar-refractivity contribution in [1.29, 1.82) is 0 Å². The minimum absolute atomic E-state index is 0.00725. The Hall–Kier alpha value is -4.39. The highest BCUT2D eigenvalue weighted by atomic mass is 19.4. The van der Waals surface area contributed by atoms with Crippen molar-refractivity contribution in [1.82, 2.24) is 14.9 Å². The molecule has 2 heterocycles. The number of hydrogen-bond acceptors (Lipinski definition) is 7. The fraction of sp³-hybridized carbons (Fsp3) is 0.357. The average molecular weight is 572 g/mol. The number of aromatic nitrogens is 2. The van der Waals surface area contributed by atoms with Gasteiger partial charge in [0.05, 0.1) is 5.56 Å². The molecular weight excluding hydrogens is 539 g/mol. The molecule has 0 spiro atoms. The molecule has 0 unspecified atom stereocenters. The number of anilines is 4. The van der Waals surface area contributed by atoms with Crippen molar-refractivity contribution in [2.75, 3.05) is 41.4 Å². The quantitative estimate of drug-likeness (QED) is 0.261. The first-order valence-electron chi connectivity index (χ1n) is 13.1. The summed E-state index contributed by atoms with van der Waals surface area (Å²) in [4.78, 5) is 34.5. The Bertz CT molecular complexity index is 1360. The summed E-state index contributed by atoms with van der Waals surface area (Å²) in [6.45, 7) is 5.14. The van der Waals surface area contributed by atoms with Gasteiger partial charge in [0.2, 0.25) is 11.8 Å². The number of amides is 3. The van der Waals surface area contributed by atoms with Crippen LogP contribution in [0.2, 0.25) is 0 Å². The predicted octanol–water partition coefficient (Wildman–Crippen LogP) is 6.03. The largest absolute Gasteiger partial charge is 0.439 e. The zero-order chi connectivity index (χ0) is 29.6. The maximum atomic E-state index is 13.8. The molecule has 2 aromatic carbocycles. The third-order valence-electron chi connectivity index (χ3n) is 6.41. The highest BCUT2D eigenvalue weighted by Gasteiger charge is 2.34. The van der Waals surface area contributed by atoms with Crippen molar-refractivity contribution in [3.63, 3.8) is 0 Å². The lowest BCUT2D eigenvalue weighted by Crippen LogP contribution is -2.37. The molecule has 1 saturated heterocycles. The number of nitrogens with one attached hydrogen (secondary N) is 4. The summed E-state index contributed by atoms with van der Waals surface area (Å²) < 4.78 is 47.1. The summed E-state index contributed by atoms with van der Waals surface area (Å²) in [6, 6.07) is 10.7. The second-order valence-corrected chi connectivity index (χ2v) is 10.1. The van der Waals surface area contributed by atoms with Gasteiger partial charge in [-0.3, -0.25) is 4.79 Å². The van der Waals surface area contributed by atoms with Crippen LogP contribution < -0.4 is 26.0 Å². The molecule has 0 bridgehead atoms. The lowest BCUT2D eigenvalue weighted by molar-refractivity contribution is -0.137. The van der Waals surface area contributed by atoms with Gasteiger partial charge in [-0.2, -0.15) is 13.2 Å². The van der Waals surface area contributed by atoms with Crippen molar-refractivity contribution in [2.45, 2.75) is 38.9 Å².